The third-order valence-corrected chi connectivity index (χ3v) is 5.38. The van der Waals surface area contributed by atoms with Crippen molar-refractivity contribution < 1.29 is 28.7 Å². The van der Waals surface area contributed by atoms with E-state index in [4.69, 9.17) is 9.47 Å². The first-order chi connectivity index (χ1) is 18.9. The molecule has 0 heterocycles. The fourth-order valence-electron chi connectivity index (χ4n) is 3.37. The number of esters is 2. The minimum absolute atomic E-state index is 0.0443. The smallest absolute Gasteiger partial charge is 0.342 e. The Hall–Kier alpha value is -3.68. The molecule has 0 unspecified atom stereocenters. The standard InChI is InChI=1S/C31H44N2O6/c1-4-7-10-13-17-28(34)32-22-16-23-38-31(37)26-24-25(33-29(35)18-14-11-8-5-2)20-21-27(26)39-30(36)19-15-12-9-6-3/h7-12,20-21,24H,4-6,13-19,22-23H2,1-3H3,(H,32,34)(H,33,35). The molecule has 0 spiro atoms. The van der Waals surface area contributed by atoms with Crippen molar-refractivity contribution in [1.82, 2.24) is 5.32 Å². The Morgan fingerprint density at radius 1 is 0.769 bits per heavy atom. The first kappa shape index (κ1) is 33.3. The molecule has 0 aliphatic carbocycles. The molecule has 0 fully saturated rings. The Morgan fingerprint density at radius 2 is 1.36 bits per heavy atom. The molecule has 0 aromatic heterocycles. The van der Waals surface area contributed by atoms with Gasteiger partial charge in [0.05, 0.1) is 6.61 Å². The second-order valence-corrected chi connectivity index (χ2v) is 8.83. The minimum atomic E-state index is -0.679. The van der Waals surface area contributed by atoms with Crippen LogP contribution >= 0.6 is 0 Å². The molecule has 1 aromatic carbocycles. The van der Waals surface area contributed by atoms with Crippen molar-refractivity contribution in [1.29, 1.82) is 0 Å². The van der Waals surface area contributed by atoms with Crippen LogP contribution in [0.3, 0.4) is 0 Å². The van der Waals surface area contributed by atoms with Crippen LogP contribution in [0, 0.1) is 0 Å². The van der Waals surface area contributed by atoms with Crippen LogP contribution in [0.15, 0.2) is 54.7 Å². The van der Waals surface area contributed by atoms with E-state index in [1.165, 1.54) is 12.1 Å². The lowest BCUT2D eigenvalue weighted by molar-refractivity contribution is -0.134. The van der Waals surface area contributed by atoms with Crippen LogP contribution in [0.4, 0.5) is 5.69 Å². The summed E-state index contributed by atoms with van der Waals surface area (Å²) in [5, 5.41) is 5.58. The molecule has 0 saturated heterocycles. The Labute approximate surface area is 232 Å². The summed E-state index contributed by atoms with van der Waals surface area (Å²) in [4.78, 5) is 49.4. The molecular weight excluding hydrogens is 496 g/mol. The largest absolute Gasteiger partial charge is 0.462 e. The number of hydrogen-bond donors (Lipinski definition) is 2. The molecule has 39 heavy (non-hydrogen) atoms. The van der Waals surface area contributed by atoms with E-state index in [2.05, 4.69) is 10.6 Å². The molecule has 2 amide bonds. The van der Waals surface area contributed by atoms with Crippen LogP contribution < -0.4 is 15.4 Å². The van der Waals surface area contributed by atoms with Gasteiger partial charge >= 0.3 is 11.9 Å². The SMILES string of the molecule is CCC=CCCC(=O)NCCCOC(=O)c1cc(NC(=O)CCC=CCC)ccc1OC(=O)CCC=CCC. The predicted molar refractivity (Wildman–Crippen MR) is 155 cm³/mol. The fourth-order valence-corrected chi connectivity index (χ4v) is 3.37. The summed E-state index contributed by atoms with van der Waals surface area (Å²) in [5.74, 6) is -1.33. The van der Waals surface area contributed by atoms with Crippen LogP contribution in [-0.2, 0) is 19.1 Å². The fraction of sp³-hybridized carbons (Fsp3) is 0.484. The van der Waals surface area contributed by atoms with Gasteiger partial charge in [-0.05, 0) is 63.1 Å². The zero-order valence-electron chi connectivity index (χ0n) is 23.6. The van der Waals surface area contributed by atoms with E-state index in [0.717, 1.165) is 19.3 Å². The second-order valence-electron chi connectivity index (χ2n) is 8.83. The third-order valence-electron chi connectivity index (χ3n) is 5.38. The third kappa shape index (κ3) is 16.0. The van der Waals surface area contributed by atoms with Crippen LogP contribution in [0.2, 0.25) is 0 Å². The van der Waals surface area contributed by atoms with Gasteiger partial charge in [-0.3, -0.25) is 14.4 Å². The van der Waals surface area contributed by atoms with E-state index < -0.39 is 11.9 Å². The number of rotatable bonds is 19. The van der Waals surface area contributed by atoms with Gasteiger partial charge in [0.1, 0.15) is 11.3 Å². The Balaban J connectivity index is 2.76. The zero-order valence-corrected chi connectivity index (χ0v) is 23.6. The van der Waals surface area contributed by atoms with E-state index in [9.17, 15) is 19.2 Å². The van der Waals surface area contributed by atoms with E-state index >= 15 is 0 Å². The lowest BCUT2D eigenvalue weighted by Crippen LogP contribution is -2.25. The Kier molecular flexibility index (Phi) is 18.2. The number of carbonyl (C=O) groups is 4. The molecule has 1 rings (SSSR count). The highest BCUT2D eigenvalue weighted by Gasteiger charge is 2.18. The molecule has 2 N–H and O–H groups in total. The van der Waals surface area contributed by atoms with Crippen LogP contribution in [0.1, 0.15) is 95.3 Å². The Bertz CT molecular complexity index is 997. The quantitative estimate of drug-likeness (QED) is 0.0905. The van der Waals surface area contributed by atoms with Gasteiger partial charge in [0.2, 0.25) is 11.8 Å². The van der Waals surface area contributed by atoms with Crippen LogP contribution in [0.5, 0.6) is 5.75 Å². The summed E-state index contributed by atoms with van der Waals surface area (Å²) in [6, 6.07) is 4.52. The van der Waals surface area contributed by atoms with E-state index in [1.807, 2.05) is 57.2 Å². The number of amides is 2. The average molecular weight is 541 g/mol. The van der Waals surface area contributed by atoms with Crippen molar-refractivity contribution in [2.45, 2.75) is 85.0 Å². The molecule has 0 aliphatic rings. The molecule has 1 aromatic rings. The van der Waals surface area contributed by atoms with Crippen LogP contribution in [-0.4, -0.2) is 36.9 Å². The molecule has 0 radical (unpaired) electrons. The lowest BCUT2D eigenvalue weighted by Gasteiger charge is -2.13. The molecule has 0 bridgehead atoms. The topological polar surface area (TPSA) is 111 Å². The zero-order chi connectivity index (χ0) is 28.7. The molecule has 8 nitrogen and oxygen atoms in total. The van der Waals surface area contributed by atoms with Crippen molar-refractivity contribution >= 4 is 29.4 Å². The van der Waals surface area contributed by atoms with Gasteiger partial charge in [0.15, 0.2) is 0 Å². The van der Waals surface area contributed by atoms with Crippen molar-refractivity contribution in [3.05, 3.63) is 60.2 Å². The number of carbonyl (C=O) groups excluding carboxylic acids is 4. The lowest BCUT2D eigenvalue weighted by atomic mass is 10.1. The predicted octanol–water partition coefficient (Wildman–Crippen LogP) is 6.43. The van der Waals surface area contributed by atoms with Gasteiger partial charge < -0.3 is 20.1 Å². The highest BCUT2D eigenvalue weighted by molar-refractivity contribution is 5.97. The highest BCUT2D eigenvalue weighted by Crippen LogP contribution is 2.25. The first-order valence-electron chi connectivity index (χ1n) is 13.9. The second kappa shape index (κ2) is 21.3. The van der Waals surface area contributed by atoms with E-state index in [0.29, 0.717) is 50.8 Å². The maximum Gasteiger partial charge on any atom is 0.342 e. The summed E-state index contributed by atoms with van der Waals surface area (Å²) in [6.45, 7) is 6.52. The Morgan fingerprint density at radius 3 is 1.97 bits per heavy atom. The van der Waals surface area contributed by atoms with E-state index in [1.54, 1.807) is 6.07 Å². The summed E-state index contributed by atoms with van der Waals surface area (Å²) in [7, 11) is 0. The number of ether oxygens (including phenoxy) is 2. The summed E-state index contributed by atoms with van der Waals surface area (Å²) < 4.78 is 10.8. The monoisotopic (exact) mass is 540 g/mol. The van der Waals surface area contributed by atoms with Crippen molar-refractivity contribution in [2.24, 2.45) is 0 Å². The normalized spacial score (nSPS) is 11.3. The van der Waals surface area contributed by atoms with Crippen molar-refractivity contribution in [3.8, 4) is 5.75 Å². The van der Waals surface area contributed by atoms with Crippen molar-refractivity contribution in [3.63, 3.8) is 0 Å². The molecule has 0 aliphatic heterocycles. The molecule has 0 atom stereocenters. The van der Waals surface area contributed by atoms with E-state index in [-0.39, 0.29) is 36.2 Å². The van der Waals surface area contributed by atoms with Gasteiger partial charge in [-0.2, -0.15) is 0 Å². The summed E-state index contributed by atoms with van der Waals surface area (Å²) in [5.41, 5.74) is 0.448. The van der Waals surface area contributed by atoms with Gasteiger partial charge in [0, 0.05) is 31.5 Å². The van der Waals surface area contributed by atoms with Gasteiger partial charge in [-0.25, -0.2) is 4.79 Å². The number of anilines is 1. The minimum Gasteiger partial charge on any atom is -0.462 e. The number of nitrogens with one attached hydrogen (secondary N) is 2. The van der Waals surface area contributed by atoms with Crippen LogP contribution in [0.25, 0.3) is 0 Å². The molecule has 8 heteroatoms. The molecule has 214 valence electrons. The average Bonchev–Trinajstić information content (AvgIpc) is 2.92. The number of allylic oxidation sites excluding steroid dienone is 6. The first-order valence-corrected chi connectivity index (χ1v) is 13.9. The van der Waals surface area contributed by atoms with Crippen molar-refractivity contribution in [2.75, 3.05) is 18.5 Å². The van der Waals surface area contributed by atoms with Gasteiger partial charge in [-0.15, -0.1) is 0 Å². The maximum absolute atomic E-state index is 12.9. The number of benzene rings is 1. The van der Waals surface area contributed by atoms with Gasteiger partial charge in [0.25, 0.3) is 0 Å². The molecule has 0 saturated carbocycles. The summed E-state index contributed by atoms with van der Waals surface area (Å²) >= 11 is 0. The summed E-state index contributed by atoms with van der Waals surface area (Å²) in [6.07, 6.45) is 17.7. The van der Waals surface area contributed by atoms with Gasteiger partial charge in [-0.1, -0.05) is 57.2 Å². The maximum atomic E-state index is 12.9. The highest BCUT2D eigenvalue weighted by atomic mass is 16.5. The number of hydrogen-bond acceptors (Lipinski definition) is 6. The molecular formula is C31H44N2O6.